The summed E-state index contributed by atoms with van der Waals surface area (Å²) in [6.45, 7) is 3.09. The maximum atomic E-state index is 14.4. The van der Waals surface area contributed by atoms with Crippen molar-refractivity contribution in [2.24, 2.45) is 23.7 Å². The molecule has 0 amide bonds. The number of thiol groups is 1. The molecule has 1 heterocycles. The zero-order valence-corrected chi connectivity index (χ0v) is 19.1. The van der Waals surface area contributed by atoms with Crippen LogP contribution in [0.3, 0.4) is 0 Å². The molecule has 4 unspecified atom stereocenters. The number of hydrogen-bond acceptors (Lipinski definition) is 3. The summed E-state index contributed by atoms with van der Waals surface area (Å²) >= 11 is 3.53. The molecule has 7 heteroatoms. The Hall–Kier alpha value is -0.430. The van der Waals surface area contributed by atoms with Gasteiger partial charge in [-0.2, -0.15) is 21.4 Å². The van der Waals surface area contributed by atoms with Gasteiger partial charge in [0.1, 0.15) is 18.6 Å². The summed E-state index contributed by atoms with van der Waals surface area (Å²) in [6, 6.07) is 0. The van der Waals surface area contributed by atoms with Crippen molar-refractivity contribution in [1.29, 1.82) is 0 Å². The van der Waals surface area contributed by atoms with Crippen LogP contribution in [-0.2, 0) is 9.47 Å². The summed E-state index contributed by atoms with van der Waals surface area (Å²) in [6.07, 6.45) is 5.05. The summed E-state index contributed by atoms with van der Waals surface area (Å²) < 4.78 is 63.8. The average Bonchev–Trinajstić information content (AvgIpc) is 2.75. The fraction of sp³-hybridized carbons (Fsp3) is 0.913. The Bertz CT molecular complexity index is 489. The molecule has 3 fully saturated rings. The van der Waals surface area contributed by atoms with Crippen LogP contribution in [0.15, 0.2) is 12.3 Å². The van der Waals surface area contributed by atoms with E-state index in [1.807, 2.05) is 0 Å². The van der Waals surface area contributed by atoms with Gasteiger partial charge < -0.3 is 9.47 Å². The van der Waals surface area contributed by atoms with Gasteiger partial charge in [-0.25, -0.2) is 8.78 Å². The van der Waals surface area contributed by atoms with Gasteiger partial charge in [-0.1, -0.05) is 13.3 Å². The summed E-state index contributed by atoms with van der Waals surface area (Å²) in [7, 11) is 0. The van der Waals surface area contributed by atoms with Gasteiger partial charge in [-0.05, 0) is 87.7 Å². The van der Waals surface area contributed by atoms with Gasteiger partial charge in [-0.3, -0.25) is 0 Å². The van der Waals surface area contributed by atoms with E-state index in [0.29, 0.717) is 23.9 Å². The normalized spacial score (nSPS) is 39.4. The molecule has 0 bridgehead atoms. The van der Waals surface area contributed by atoms with Crippen LogP contribution in [0.25, 0.3) is 0 Å². The quantitative estimate of drug-likeness (QED) is 0.261. The predicted octanol–water partition coefficient (Wildman–Crippen LogP) is 7.14. The highest BCUT2D eigenvalue weighted by atomic mass is 32.1. The maximum Gasteiger partial charge on any atom is 0.304 e. The van der Waals surface area contributed by atoms with Gasteiger partial charge in [0.25, 0.3) is 0 Å². The highest BCUT2D eigenvalue weighted by molar-refractivity contribution is 7.79. The van der Waals surface area contributed by atoms with Crippen LogP contribution >= 0.6 is 12.6 Å². The molecule has 1 aliphatic heterocycles. The first-order valence-corrected chi connectivity index (χ1v) is 12.4. The molecule has 30 heavy (non-hydrogen) atoms. The van der Waals surface area contributed by atoms with E-state index in [2.05, 4.69) is 24.3 Å². The van der Waals surface area contributed by atoms with Crippen LogP contribution in [0.4, 0.5) is 17.6 Å². The van der Waals surface area contributed by atoms with Gasteiger partial charge in [0, 0.05) is 6.61 Å². The van der Waals surface area contributed by atoms with Crippen LogP contribution in [0, 0.1) is 23.7 Å². The van der Waals surface area contributed by atoms with Crippen molar-refractivity contribution in [2.45, 2.75) is 95.7 Å². The summed E-state index contributed by atoms with van der Waals surface area (Å²) in [4.78, 5) is 0. The Balaban J connectivity index is 0.00000155. The van der Waals surface area contributed by atoms with Gasteiger partial charge in [0.05, 0.1) is 6.10 Å². The van der Waals surface area contributed by atoms with Crippen LogP contribution < -0.4 is 0 Å². The SMILES string of the molecule is CCCC1CCC(C2CCC(C3CC(F)C(OC=C(F)F)C(F)C3)CC2)OC1.CS. The minimum absolute atomic E-state index is 0.0220. The second kappa shape index (κ2) is 13.2. The molecule has 176 valence electrons. The number of hydrogen-bond donors (Lipinski definition) is 1. The molecule has 0 aromatic rings. The lowest BCUT2D eigenvalue weighted by atomic mass is 9.68. The minimum atomic E-state index is -2.06. The van der Waals surface area contributed by atoms with Crippen LogP contribution in [0.5, 0.6) is 0 Å². The second-order valence-electron chi connectivity index (χ2n) is 9.05. The molecule has 0 aromatic carbocycles. The molecule has 0 spiro atoms. The summed E-state index contributed by atoms with van der Waals surface area (Å²) in [5.41, 5.74) is 0. The molecule has 1 saturated heterocycles. The lowest BCUT2D eigenvalue weighted by Gasteiger charge is -2.42. The molecule has 3 rings (SSSR count). The van der Waals surface area contributed by atoms with Crippen molar-refractivity contribution < 1.29 is 27.0 Å². The Labute approximate surface area is 184 Å². The first-order chi connectivity index (χ1) is 14.5. The van der Waals surface area contributed by atoms with Crippen molar-refractivity contribution in [3.63, 3.8) is 0 Å². The standard InChI is InChI=1S/C22H34F4O2.CH4S/c1-2-3-14-4-9-20(27-12-14)16-7-5-15(6-8-16)17-10-18(23)22(19(24)11-17)28-13-21(25)26;1-2/h13-20,22H,2-12H2,1H3;2H,1H3. The van der Waals surface area contributed by atoms with Crippen LogP contribution in [-0.4, -0.2) is 37.4 Å². The highest BCUT2D eigenvalue weighted by Crippen LogP contribution is 2.44. The molecule has 4 atom stereocenters. The number of alkyl halides is 2. The monoisotopic (exact) mass is 454 g/mol. The third-order valence-corrected chi connectivity index (χ3v) is 7.19. The van der Waals surface area contributed by atoms with Crippen molar-refractivity contribution in [3.05, 3.63) is 12.3 Å². The van der Waals surface area contributed by atoms with E-state index in [-0.39, 0.29) is 25.0 Å². The second-order valence-corrected chi connectivity index (χ2v) is 9.05. The van der Waals surface area contributed by atoms with E-state index in [0.717, 1.165) is 38.7 Å². The molecular formula is C23H38F4O2S. The molecule has 0 aromatic heterocycles. The summed E-state index contributed by atoms with van der Waals surface area (Å²) in [5.74, 6) is 1.57. The van der Waals surface area contributed by atoms with Crippen LogP contribution in [0.2, 0.25) is 0 Å². The Morgan fingerprint density at radius 1 is 0.933 bits per heavy atom. The molecule has 0 radical (unpaired) electrons. The lowest BCUT2D eigenvalue weighted by molar-refractivity contribution is -0.0738. The molecule has 2 aliphatic carbocycles. The molecular weight excluding hydrogens is 416 g/mol. The smallest absolute Gasteiger partial charge is 0.304 e. The topological polar surface area (TPSA) is 18.5 Å². The van der Waals surface area contributed by atoms with E-state index in [1.165, 1.54) is 19.3 Å². The maximum absolute atomic E-state index is 14.4. The minimum Gasteiger partial charge on any atom is -0.486 e. The van der Waals surface area contributed by atoms with Gasteiger partial charge >= 0.3 is 6.08 Å². The van der Waals surface area contributed by atoms with Crippen molar-refractivity contribution in [2.75, 3.05) is 12.9 Å². The molecule has 0 N–H and O–H groups in total. The molecule has 3 aliphatic rings. The largest absolute Gasteiger partial charge is 0.486 e. The Kier molecular flexibility index (Phi) is 11.4. The van der Waals surface area contributed by atoms with E-state index in [4.69, 9.17) is 4.74 Å². The van der Waals surface area contributed by atoms with Gasteiger partial charge in [-0.15, -0.1) is 0 Å². The fourth-order valence-corrected chi connectivity index (χ4v) is 5.68. The van der Waals surface area contributed by atoms with Crippen molar-refractivity contribution in [3.8, 4) is 0 Å². The van der Waals surface area contributed by atoms with Gasteiger partial charge in [0.15, 0.2) is 6.10 Å². The third-order valence-electron chi connectivity index (χ3n) is 7.19. The van der Waals surface area contributed by atoms with E-state index in [1.54, 1.807) is 6.26 Å². The third kappa shape index (κ3) is 7.32. The molecule has 2 saturated carbocycles. The predicted molar refractivity (Wildman–Crippen MR) is 115 cm³/mol. The zero-order chi connectivity index (χ0) is 22.1. The van der Waals surface area contributed by atoms with Crippen molar-refractivity contribution >= 4 is 12.6 Å². The number of halogens is 4. The number of ether oxygens (including phenoxy) is 2. The van der Waals surface area contributed by atoms with Crippen molar-refractivity contribution in [1.82, 2.24) is 0 Å². The average molecular weight is 455 g/mol. The molecule has 2 nitrogen and oxygen atoms in total. The number of rotatable bonds is 6. The first kappa shape index (κ1) is 25.8. The van der Waals surface area contributed by atoms with E-state index in [9.17, 15) is 17.6 Å². The van der Waals surface area contributed by atoms with E-state index >= 15 is 0 Å². The van der Waals surface area contributed by atoms with Crippen LogP contribution in [0.1, 0.15) is 71.1 Å². The lowest BCUT2D eigenvalue weighted by Crippen LogP contribution is -2.44. The highest BCUT2D eigenvalue weighted by Gasteiger charge is 2.43. The van der Waals surface area contributed by atoms with Gasteiger partial charge in [0.2, 0.25) is 0 Å². The summed E-state index contributed by atoms with van der Waals surface area (Å²) in [5, 5.41) is 0. The van der Waals surface area contributed by atoms with E-state index < -0.39 is 24.5 Å². The Morgan fingerprint density at radius 3 is 2.03 bits per heavy atom. The zero-order valence-electron chi connectivity index (χ0n) is 18.2. The Morgan fingerprint density at radius 2 is 1.53 bits per heavy atom. The fourth-order valence-electron chi connectivity index (χ4n) is 5.68. The first-order valence-electron chi connectivity index (χ1n) is 11.5.